The van der Waals surface area contributed by atoms with Gasteiger partial charge in [0.2, 0.25) is 0 Å². The Morgan fingerprint density at radius 3 is 2.75 bits per heavy atom. The Hall–Kier alpha value is -1.32. The van der Waals surface area contributed by atoms with E-state index in [-0.39, 0.29) is 11.4 Å². The summed E-state index contributed by atoms with van der Waals surface area (Å²) in [7, 11) is 0. The van der Waals surface area contributed by atoms with Gasteiger partial charge in [0.15, 0.2) is 0 Å². The van der Waals surface area contributed by atoms with Gasteiger partial charge in [-0.15, -0.1) is 0 Å². The molecular weight excluding hydrogens is 208 g/mol. The van der Waals surface area contributed by atoms with E-state index in [0.29, 0.717) is 25.2 Å². The van der Waals surface area contributed by atoms with Crippen LogP contribution in [-0.4, -0.2) is 18.5 Å². The van der Waals surface area contributed by atoms with Crippen molar-refractivity contribution in [2.45, 2.75) is 40.0 Å². The van der Waals surface area contributed by atoms with Gasteiger partial charge in [0, 0.05) is 6.42 Å². The topological polar surface area (TPSA) is 52.6 Å². The molecule has 0 N–H and O–H groups in total. The molecule has 0 amide bonds. The highest BCUT2D eigenvalue weighted by molar-refractivity contribution is 5.83. The first-order valence-corrected chi connectivity index (χ1v) is 5.57. The van der Waals surface area contributed by atoms with Gasteiger partial charge in [0.05, 0.1) is 19.1 Å². The fraction of sp³-hybridized carbons (Fsp3) is 0.667. The summed E-state index contributed by atoms with van der Waals surface area (Å²) in [5.41, 5.74) is -0.104. The van der Waals surface area contributed by atoms with E-state index in [2.05, 4.69) is 0 Å². The van der Waals surface area contributed by atoms with Gasteiger partial charge in [-0.2, -0.15) is 0 Å². The van der Waals surface area contributed by atoms with Crippen molar-refractivity contribution in [1.82, 2.24) is 0 Å². The van der Waals surface area contributed by atoms with Crippen molar-refractivity contribution in [1.29, 1.82) is 0 Å². The molecule has 0 aliphatic carbocycles. The van der Waals surface area contributed by atoms with Gasteiger partial charge in [-0.05, 0) is 18.8 Å². The maximum absolute atomic E-state index is 11.4. The Morgan fingerprint density at radius 2 is 2.19 bits per heavy atom. The number of ether oxygens (including phenoxy) is 2. The first-order chi connectivity index (χ1) is 7.49. The molecule has 0 aromatic heterocycles. The third-order valence-corrected chi connectivity index (χ3v) is 2.84. The van der Waals surface area contributed by atoms with Crippen LogP contribution < -0.4 is 0 Å². The summed E-state index contributed by atoms with van der Waals surface area (Å²) in [4.78, 5) is 22.6. The quantitative estimate of drug-likeness (QED) is 0.546. The highest BCUT2D eigenvalue weighted by atomic mass is 16.5. The summed E-state index contributed by atoms with van der Waals surface area (Å²) < 4.78 is 9.80. The Labute approximate surface area is 95.6 Å². The van der Waals surface area contributed by atoms with Crippen LogP contribution in [0.5, 0.6) is 0 Å². The van der Waals surface area contributed by atoms with Crippen molar-refractivity contribution < 1.29 is 19.1 Å². The number of esters is 2. The largest absolute Gasteiger partial charge is 0.463 e. The summed E-state index contributed by atoms with van der Waals surface area (Å²) in [6, 6.07) is 0. The molecule has 90 valence electrons. The Kier molecular flexibility index (Phi) is 4.10. The van der Waals surface area contributed by atoms with Crippen molar-refractivity contribution in [3.63, 3.8) is 0 Å². The van der Waals surface area contributed by atoms with Crippen LogP contribution in [0.15, 0.2) is 11.8 Å². The van der Waals surface area contributed by atoms with E-state index in [1.54, 1.807) is 6.92 Å². The fourth-order valence-corrected chi connectivity index (χ4v) is 1.70. The number of hydrogen-bond donors (Lipinski definition) is 0. The summed E-state index contributed by atoms with van der Waals surface area (Å²) in [6.45, 7) is 6.11. The van der Waals surface area contributed by atoms with Crippen molar-refractivity contribution in [2.24, 2.45) is 5.41 Å². The van der Waals surface area contributed by atoms with Gasteiger partial charge in [-0.3, -0.25) is 4.79 Å². The number of hydrogen-bond acceptors (Lipinski definition) is 4. The zero-order valence-electron chi connectivity index (χ0n) is 10.0. The molecule has 0 aromatic carbocycles. The minimum atomic E-state index is -0.453. The third kappa shape index (κ3) is 3.36. The number of carbonyl (C=O) groups is 2. The fourth-order valence-electron chi connectivity index (χ4n) is 1.70. The molecule has 4 heteroatoms. The third-order valence-electron chi connectivity index (χ3n) is 2.84. The molecule has 1 atom stereocenters. The van der Waals surface area contributed by atoms with Crippen LogP contribution in [0, 0.1) is 5.41 Å². The first kappa shape index (κ1) is 12.7. The lowest BCUT2D eigenvalue weighted by Crippen LogP contribution is -2.28. The number of carbonyl (C=O) groups excluding carboxylic acids is 2. The Balaban J connectivity index is 2.74. The van der Waals surface area contributed by atoms with Gasteiger partial charge in [-0.1, -0.05) is 13.8 Å². The standard InChI is InChI=1S/C12H18O4/c1-4-12(3)7-9(16-11(14)8-12)6-10(13)15-5-2/h6H,4-5,7-8H2,1-3H3. The molecule has 0 aromatic rings. The van der Waals surface area contributed by atoms with Crippen molar-refractivity contribution >= 4 is 11.9 Å². The average Bonchev–Trinajstić information content (AvgIpc) is 2.16. The minimum absolute atomic E-state index is 0.104. The molecule has 1 heterocycles. The van der Waals surface area contributed by atoms with Crippen LogP contribution >= 0.6 is 0 Å². The lowest BCUT2D eigenvalue weighted by molar-refractivity contribution is -0.146. The molecule has 1 aliphatic heterocycles. The molecule has 4 nitrogen and oxygen atoms in total. The predicted octanol–water partition coefficient (Wildman–Crippen LogP) is 2.19. The van der Waals surface area contributed by atoms with Crippen LogP contribution in [0.4, 0.5) is 0 Å². The zero-order valence-corrected chi connectivity index (χ0v) is 10.0. The smallest absolute Gasteiger partial charge is 0.334 e. The maximum Gasteiger partial charge on any atom is 0.334 e. The van der Waals surface area contributed by atoms with E-state index in [1.165, 1.54) is 6.08 Å². The van der Waals surface area contributed by atoms with Gasteiger partial charge in [0.25, 0.3) is 0 Å². The minimum Gasteiger partial charge on any atom is -0.463 e. The predicted molar refractivity (Wildman–Crippen MR) is 58.4 cm³/mol. The van der Waals surface area contributed by atoms with Crippen molar-refractivity contribution in [2.75, 3.05) is 6.61 Å². The van der Waals surface area contributed by atoms with E-state index < -0.39 is 5.97 Å². The average molecular weight is 226 g/mol. The van der Waals surface area contributed by atoms with Crippen LogP contribution in [0.1, 0.15) is 40.0 Å². The van der Waals surface area contributed by atoms with E-state index in [4.69, 9.17) is 9.47 Å². The number of cyclic esters (lactones) is 1. The second kappa shape index (κ2) is 5.14. The van der Waals surface area contributed by atoms with Gasteiger partial charge in [0.1, 0.15) is 5.76 Å². The van der Waals surface area contributed by atoms with Crippen LogP contribution in [0.3, 0.4) is 0 Å². The maximum atomic E-state index is 11.4. The van der Waals surface area contributed by atoms with Gasteiger partial charge in [-0.25, -0.2) is 4.79 Å². The number of rotatable bonds is 3. The molecule has 1 saturated heterocycles. The van der Waals surface area contributed by atoms with Gasteiger partial charge < -0.3 is 9.47 Å². The van der Waals surface area contributed by atoms with E-state index in [1.807, 2.05) is 13.8 Å². The Bertz CT molecular complexity index is 319. The molecule has 0 spiro atoms. The summed E-state index contributed by atoms with van der Waals surface area (Å²) in [5.74, 6) is -0.309. The summed E-state index contributed by atoms with van der Waals surface area (Å²) >= 11 is 0. The number of allylic oxidation sites excluding steroid dienone is 1. The zero-order chi connectivity index (χ0) is 12.2. The molecule has 1 unspecified atom stereocenters. The van der Waals surface area contributed by atoms with Gasteiger partial charge >= 0.3 is 11.9 Å². The lowest BCUT2D eigenvalue weighted by atomic mass is 9.78. The monoisotopic (exact) mass is 226 g/mol. The van der Waals surface area contributed by atoms with Crippen molar-refractivity contribution in [3.8, 4) is 0 Å². The highest BCUT2D eigenvalue weighted by Gasteiger charge is 2.34. The lowest BCUT2D eigenvalue weighted by Gasteiger charge is -2.32. The molecule has 1 fully saturated rings. The molecule has 1 aliphatic rings. The molecule has 0 saturated carbocycles. The summed E-state index contributed by atoms with van der Waals surface area (Å²) in [5, 5.41) is 0. The second-order valence-corrected chi connectivity index (χ2v) is 4.35. The van der Waals surface area contributed by atoms with E-state index in [0.717, 1.165) is 6.42 Å². The second-order valence-electron chi connectivity index (χ2n) is 4.35. The van der Waals surface area contributed by atoms with Crippen molar-refractivity contribution in [3.05, 3.63) is 11.8 Å². The first-order valence-electron chi connectivity index (χ1n) is 5.57. The van der Waals surface area contributed by atoms with Crippen LogP contribution in [0.2, 0.25) is 0 Å². The highest BCUT2D eigenvalue weighted by Crippen LogP contribution is 2.38. The molecule has 16 heavy (non-hydrogen) atoms. The van der Waals surface area contributed by atoms with E-state index in [9.17, 15) is 9.59 Å². The van der Waals surface area contributed by atoms with Crippen LogP contribution in [-0.2, 0) is 19.1 Å². The SMILES string of the molecule is CCOC(=O)C=C1CC(C)(CC)CC(=O)O1. The van der Waals surface area contributed by atoms with Crippen LogP contribution in [0.25, 0.3) is 0 Å². The normalized spacial score (nSPS) is 27.7. The Morgan fingerprint density at radius 1 is 1.50 bits per heavy atom. The molecule has 0 radical (unpaired) electrons. The summed E-state index contributed by atoms with van der Waals surface area (Å²) in [6.07, 6.45) is 3.16. The van der Waals surface area contributed by atoms with E-state index >= 15 is 0 Å². The molecule has 0 bridgehead atoms. The molecular formula is C12H18O4. The molecule has 1 rings (SSSR count).